The van der Waals surface area contributed by atoms with Crippen LogP contribution in [0.3, 0.4) is 0 Å². The van der Waals surface area contributed by atoms with E-state index in [9.17, 15) is 9.59 Å². The van der Waals surface area contributed by atoms with Gasteiger partial charge < -0.3 is 20.8 Å². The number of amides is 2. The summed E-state index contributed by atoms with van der Waals surface area (Å²) in [5.74, 6) is -0.164. The third-order valence-electron chi connectivity index (χ3n) is 3.25. The van der Waals surface area contributed by atoms with Gasteiger partial charge in [0.1, 0.15) is 0 Å². The molecule has 3 atom stereocenters. The van der Waals surface area contributed by atoms with Crippen LogP contribution in [0.4, 0.5) is 4.79 Å². The van der Waals surface area contributed by atoms with Crippen LogP contribution in [0.5, 0.6) is 0 Å². The topological polar surface area (TPSA) is 98.7 Å². The van der Waals surface area contributed by atoms with Gasteiger partial charge in [-0.2, -0.15) is 0 Å². The molecule has 104 valence electrons. The van der Waals surface area contributed by atoms with E-state index in [-0.39, 0.29) is 12.6 Å². The predicted octanol–water partition coefficient (Wildman–Crippen LogP) is 0.556. The van der Waals surface area contributed by atoms with Crippen molar-refractivity contribution in [2.75, 3.05) is 6.54 Å². The highest BCUT2D eigenvalue weighted by atomic mass is 16.4. The van der Waals surface area contributed by atoms with Crippen LogP contribution in [0.1, 0.15) is 33.1 Å². The number of nitrogens with one attached hydrogen (secondary N) is 2. The minimum Gasteiger partial charge on any atom is -0.479 e. The Hall–Kier alpha value is -1.30. The number of urea groups is 1. The van der Waals surface area contributed by atoms with E-state index >= 15 is 0 Å². The summed E-state index contributed by atoms with van der Waals surface area (Å²) in [6, 6.07) is -0.285. The predicted molar refractivity (Wildman–Crippen MR) is 66.1 cm³/mol. The Kier molecular flexibility index (Phi) is 5.40. The van der Waals surface area contributed by atoms with Gasteiger partial charge in [0.25, 0.3) is 0 Å². The van der Waals surface area contributed by atoms with Crippen molar-refractivity contribution in [2.24, 2.45) is 11.8 Å². The minimum atomic E-state index is -1.56. The fourth-order valence-corrected chi connectivity index (χ4v) is 2.58. The highest BCUT2D eigenvalue weighted by Crippen LogP contribution is 2.28. The first-order chi connectivity index (χ1) is 8.38. The fourth-order valence-electron chi connectivity index (χ4n) is 2.58. The molecule has 6 heteroatoms. The van der Waals surface area contributed by atoms with Crippen LogP contribution < -0.4 is 10.6 Å². The van der Waals surface area contributed by atoms with Crippen LogP contribution in [0.15, 0.2) is 0 Å². The SMILES string of the molecule is CC1CC(C)CC(NC(=O)NC[C@H](O)C(=O)O)C1. The van der Waals surface area contributed by atoms with Gasteiger partial charge in [0.05, 0.1) is 6.54 Å². The Morgan fingerprint density at radius 3 is 2.28 bits per heavy atom. The van der Waals surface area contributed by atoms with Crippen LogP contribution in [-0.4, -0.2) is 40.9 Å². The average molecular weight is 258 g/mol. The molecule has 6 nitrogen and oxygen atoms in total. The lowest BCUT2D eigenvalue weighted by molar-refractivity contribution is -0.146. The van der Waals surface area contributed by atoms with E-state index in [0.717, 1.165) is 12.8 Å². The van der Waals surface area contributed by atoms with Crippen molar-refractivity contribution in [3.8, 4) is 0 Å². The normalized spacial score (nSPS) is 29.4. The van der Waals surface area contributed by atoms with Gasteiger partial charge >= 0.3 is 12.0 Å². The van der Waals surface area contributed by atoms with Crippen molar-refractivity contribution in [1.29, 1.82) is 0 Å². The third kappa shape index (κ3) is 4.91. The molecule has 0 aromatic rings. The highest BCUT2D eigenvalue weighted by molar-refractivity contribution is 5.76. The number of rotatable bonds is 4. The van der Waals surface area contributed by atoms with E-state index < -0.39 is 18.1 Å². The Morgan fingerprint density at radius 2 is 1.78 bits per heavy atom. The average Bonchev–Trinajstić information content (AvgIpc) is 2.24. The van der Waals surface area contributed by atoms with Gasteiger partial charge in [-0.25, -0.2) is 9.59 Å². The molecule has 4 N–H and O–H groups in total. The monoisotopic (exact) mass is 258 g/mol. The van der Waals surface area contributed by atoms with Crippen LogP contribution >= 0.6 is 0 Å². The third-order valence-corrected chi connectivity index (χ3v) is 3.25. The second-order valence-corrected chi connectivity index (χ2v) is 5.32. The number of carboxylic acid groups (broad SMARTS) is 1. The van der Waals surface area contributed by atoms with Gasteiger partial charge in [-0.05, 0) is 31.1 Å². The molecule has 1 saturated carbocycles. The second-order valence-electron chi connectivity index (χ2n) is 5.32. The number of aliphatic hydroxyl groups is 1. The molecule has 0 spiro atoms. The summed E-state index contributed by atoms with van der Waals surface area (Å²) in [6.07, 6.45) is 1.51. The molecule has 2 unspecified atom stereocenters. The highest BCUT2D eigenvalue weighted by Gasteiger charge is 2.25. The first kappa shape index (κ1) is 14.8. The molecule has 1 rings (SSSR count). The molecule has 0 saturated heterocycles. The lowest BCUT2D eigenvalue weighted by Crippen LogP contribution is -2.47. The Morgan fingerprint density at radius 1 is 1.22 bits per heavy atom. The molecule has 0 radical (unpaired) electrons. The van der Waals surface area contributed by atoms with Gasteiger partial charge in [0.15, 0.2) is 6.10 Å². The summed E-state index contributed by atoms with van der Waals surface area (Å²) in [7, 11) is 0. The van der Waals surface area contributed by atoms with E-state index in [4.69, 9.17) is 10.2 Å². The Labute approximate surface area is 107 Å². The summed E-state index contributed by atoms with van der Waals surface area (Å²) < 4.78 is 0. The lowest BCUT2D eigenvalue weighted by atomic mass is 9.80. The molecule has 0 aromatic heterocycles. The van der Waals surface area contributed by atoms with Crippen molar-refractivity contribution >= 4 is 12.0 Å². The standard InChI is InChI=1S/C12H22N2O4/c1-7-3-8(2)5-9(4-7)14-12(18)13-6-10(15)11(16)17/h7-10,15H,3-6H2,1-2H3,(H,16,17)(H2,13,14,18)/t7?,8?,9?,10-/m0/s1. The van der Waals surface area contributed by atoms with Gasteiger partial charge in [0.2, 0.25) is 0 Å². The number of hydrogen-bond donors (Lipinski definition) is 4. The quantitative estimate of drug-likeness (QED) is 0.592. The summed E-state index contributed by atoms with van der Waals surface area (Å²) in [4.78, 5) is 21.9. The van der Waals surface area contributed by atoms with E-state index in [1.54, 1.807) is 0 Å². The summed E-state index contributed by atoms with van der Waals surface area (Å²) >= 11 is 0. The molecule has 0 aromatic carbocycles. The van der Waals surface area contributed by atoms with Crippen molar-refractivity contribution in [3.05, 3.63) is 0 Å². The van der Waals surface area contributed by atoms with Gasteiger partial charge in [-0.3, -0.25) is 0 Å². The molecule has 0 heterocycles. The molecule has 1 aliphatic carbocycles. The number of carboxylic acids is 1. The summed E-state index contributed by atoms with van der Waals surface area (Å²) in [5.41, 5.74) is 0. The van der Waals surface area contributed by atoms with Crippen molar-refractivity contribution in [3.63, 3.8) is 0 Å². The van der Waals surface area contributed by atoms with E-state index in [2.05, 4.69) is 24.5 Å². The van der Waals surface area contributed by atoms with Gasteiger partial charge in [0, 0.05) is 6.04 Å². The molecule has 0 aliphatic heterocycles. The number of hydrogen-bond acceptors (Lipinski definition) is 3. The van der Waals surface area contributed by atoms with Crippen LogP contribution in [-0.2, 0) is 4.79 Å². The lowest BCUT2D eigenvalue weighted by Gasteiger charge is -2.31. The molecule has 1 fully saturated rings. The maximum atomic E-state index is 11.5. The number of aliphatic hydroxyl groups excluding tert-OH is 1. The number of carbonyl (C=O) groups excluding carboxylic acids is 1. The van der Waals surface area contributed by atoms with Crippen molar-refractivity contribution < 1.29 is 19.8 Å². The summed E-state index contributed by atoms with van der Waals surface area (Å²) in [5, 5.41) is 22.7. The van der Waals surface area contributed by atoms with Crippen LogP contribution in [0.2, 0.25) is 0 Å². The number of aliphatic carboxylic acids is 1. The maximum absolute atomic E-state index is 11.5. The zero-order chi connectivity index (χ0) is 13.7. The maximum Gasteiger partial charge on any atom is 0.334 e. The Balaban J connectivity index is 2.29. The van der Waals surface area contributed by atoms with Gasteiger partial charge in [-0.1, -0.05) is 13.8 Å². The van der Waals surface area contributed by atoms with Gasteiger partial charge in [-0.15, -0.1) is 0 Å². The zero-order valence-electron chi connectivity index (χ0n) is 10.8. The van der Waals surface area contributed by atoms with E-state index in [1.165, 1.54) is 6.42 Å². The second kappa shape index (κ2) is 6.58. The van der Waals surface area contributed by atoms with Crippen LogP contribution in [0, 0.1) is 11.8 Å². The van der Waals surface area contributed by atoms with Crippen LogP contribution in [0.25, 0.3) is 0 Å². The fraction of sp³-hybridized carbons (Fsp3) is 0.833. The smallest absolute Gasteiger partial charge is 0.334 e. The molecule has 1 aliphatic rings. The molecule has 18 heavy (non-hydrogen) atoms. The molecule has 0 bridgehead atoms. The first-order valence-corrected chi connectivity index (χ1v) is 6.33. The van der Waals surface area contributed by atoms with E-state index in [0.29, 0.717) is 11.8 Å². The van der Waals surface area contributed by atoms with Crippen molar-refractivity contribution in [2.45, 2.75) is 45.3 Å². The van der Waals surface area contributed by atoms with Crippen molar-refractivity contribution in [1.82, 2.24) is 10.6 Å². The minimum absolute atomic E-state index is 0.130. The largest absolute Gasteiger partial charge is 0.479 e. The first-order valence-electron chi connectivity index (χ1n) is 6.33. The number of carbonyl (C=O) groups is 2. The zero-order valence-corrected chi connectivity index (χ0v) is 10.8. The Bertz CT molecular complexity index is 298. The molecular weight excluding hydrogens is 236 g/mol. The van der Waals surface area contributed by atoms with E-state index in [1.807, 2.05) is 0 Å². The molecule has 2 amide bonds. The summed E-state index contributed by atoms with van der Waals surface area (Å²) in [6.45, 7) is 4.05. The molecular formula is C12H22N2O4.